The molecule has 8 heteroatoms. The van der Waals surface area contributed by atoms with Gasteiger partial charge in [-0.1, -0.05) is 11.6 Å². The third-order valence-corrected chi connectivity index (χ3v) is 2.81. The van der Waals surface area contributed by atoms with Crippen LogP contribution in [0, 0.1) is 10.1 Å². The zero-order valence-electron chi connectivity index (χ0n) is 9.72. The average Bonchev–Trinajstić information content (AvgIpc) is 2.25. The fourth-order valence-electron chi connectivity index (χ4n) is 1.26. The number of halogens is 2. The Hall–Kier alpha value is -1.60. The summed E-state index contributed by atoms with van der Waals surface area (Å²) in [6.07, 6.45) is 0.968. The molecule has 1 N–H and O–H groups in total. The molecule has 0 aliphatic carbocycles. The first-order valence-electron chi connectivity index (χ1n) is 4.97. The summed E-state index contributed by atoms with van der Waals surface area (Å²) in [6.45, 7) is 1.47. The number of carboxylic acids is 1. The number of hydrogen-bond acceptors (Lipinski definition) is 4. The van der Waals surface area contributed by atoms with Crippen molar-refractivity contribution in [3.8, 4) is 5.75 Å². The van der Waals surface area contributed by atoms with Crippen molar-refractivity contribution in [2.24, 2.45) is 0 Å². The summed E-state index contributed by atoms with van der Waals surface area (Å²) in [4.78, 5) is 20.7. The highest BCUT2D eigenvalue weighted by molar-refractivity contribution is 9.10. The molecular weight excluding hydrogens is 341 g/mol. The second-order valence-electron chi connectivity index (χ2n) is 3.61. The Balaban J connectivity index is 3.01. The Kier molecular flexibility index (Phi) is 5.31. The fourth-order valence-corrected chi connectivity index (χ4v) is 2.17. The molecule has 1 aromatic carbocycles. The molecule has 0 bridgehead atoms. The van der Waals surface area contributed by atoms with Gasteiger partial charge in [0.05, 0.1) is 9.40 Å². The third kappa shape index (κ3) is 4.53. The van der Waals surface area contributed by atoms with E-state index in [0.717, 1.165) is 12.1 Å². The van der Waals surface area contributed by atoms with Crippen LogP contribution in [0.2, 0.25) is 5.02 Å². The van der Waals surface area contributed by atoms with Crippen molar-refractivity contribution in [1.29, 1.82) is 0 Å². The van der Waals surface area contributed by atoms with Crippen LogP contribution in [0.5, 0.6) is 5.75 Å². The van der Waals surface area contributed by atoms with Gasteiger partial charge in [0.1, 0.15) is 6.61 Å². The van der Waals surface area contributed by atoms with Crippen LogP contribution >= 0.6 is 27.5 Å². The molecule has 1 rings (SSSR count). The van der Waals surface area contributed by atoms with Crippen LogP contribution in [0.1, 0.15) is 6.92 Å². The lowest BCUT2D eigenvalue weighted by atomic mass is 10.3. The largest absolute Gasteiger partial charge is 0.482 e. The van der Waals surface area contributed by atoms with Crippen molar-refractivity contribution in [2.75, 3.05) is 6.61 Å². The van der Waals surface area contributed by atoms with Crippen LogP contribution in [-0.4, -0.2) is 22.6 Å². The normalized spacial score (nSPS) is 11.2. The van der Waals surface area contributed by atoms with E-state index in [1.807, 2.05) is 0 Å². The predicted octanol–water partition coefficient (Wildman–Crippen LogP) is 3.42. The Morgan fingerprint density at radius 3 is 2.79 bits per heavy atom. The van der Waals surface area contributed by atoms with Crippen molar-refractivity contribution in [1.82, 2.24) is 0 Å². The van der Waals surface area contributed by atoms with E-state index in [9.17, 15) is 14.9 Å². The summed E-state index contributed by atoms with van der Waals surface area (Å²) >= 11 is 8.84. The molecule has 0 aliphatic heterocycles. The molecule has 0 aliphatic rings. The van der Waals surface area contributed by atoms with Gasteiger partial charge >= 0.3 is 11.7 Å². The molecule has 6 nitrogen and oxygen atoms in total. The van der Waals surface area contributed by atoms with Crippen molar-refractivity contribution >= 4 is 39.2 Å². The Morgan fingerprint density at radius 2 is 2.26 bits per heavy atom. The lowest BCUT2D eigenvalue weighted by Gasteiger charge is -2.09. The fraction of sp³-hybridized carbons (Fsp3) is 0.182. The second-order valence-corrected chi connectivity index (χ2v) is 4.90. The lowest BCUT2D eigenvalue weighted by molar-refractivity contribution is -0.385. The van der Waals surface area contributed by atoms with E-state index in [-0.39, 0.29) is 23.1 Å². The number of hydrogen-bond donors (Lipinski definition) is 1. The summed E-state index contributed by atoms with van der Waals surface area (Å²) in [5.74, 6) is -1.10. The molecule has 0 atom stereocenters. The van der Waals surface area contributed by atoms with E-state index in [1.165, 1.54) is 6.07 Å². The standard InChI is InChI=1S/C11H9BrClNO5/c1-6(2-10(15)16)5-19-11-8(12)3-7(13)4-9(11)14(17)18/h2-4H,5H2,1H3,(H,15,16). The van der Waals surface area contributed by atoms with E-state index in [0.29, 0.717) is 10.0 Å². The van der Waals surface area contributed by atoms with Crippen LogP contribution in [0.4, 0.5) is 5.69 Å². The van der Waals surface area contributed by atoms with Crippen LogP contribution in [0.15, 0.2) is 28.3 Å². The minimum Gasteiger partial charge on any atom is -0.482 e. The molecule has 0 radical (unpaired) electrons. The molecule has 1 aromatic rings. The molecule has 0 fully saturated rings. The summed E-state index contributed by atoms with van der Waals surface area (Å²) < 4.78 is 5.60. The average molecular weight is 351 g/mol. The molecule has 0 aromatic heterocycles. The van der Waals surface area contributed by atoms with Gasteiger partial charge in [0.25, 0.3) is 0 Å². The first-order valence-corrected chi connectivity index (χ1v) is 6.14. The Labute approximate surface area is 121 Å². The van der Waals surface area contributed by atoms with Gasteiger partial charge in [-0.2, -0.15) is 0 Å². The number of ether oxygens (including phenoxy) is 1. The van der Waals surface area contributed by atoms with Gasteiger partial charge in [-0.15, -0.1) is 0 Å². The van der Waals surface area contributed by atoms with E-state index in [4.69, 9.17) is 21.4 Å². The molecule has 0 saturated heterocycles. The van der Waals surface area contributed by atoms with Gasteiger partial charge in [-0.05, 0) is 34.5 Å². The third-order valence-electron chi connectivity index (χ3n) is 2.00. The highest BCUT2D eigenvalue weighted by atomic mass is 79.9. The molecule has 19 heavy (non-hydrogen) atoms. The maximum Gasteiger partial charge on any atom is 0.328 e. The zero-order chi connectivity index (χ0) is 14.6. The number of nitro benzene ring substituents is 1. The number of carbonyl (C=O) groups is 1. The summed E-state index contributed by atoms with van der Waals surface area (Å²) in [6, 6.07) is 2.62. The van der Waals surface area contributed by atoms with Gasteiger partial charge in [0, 0.05) is 17.2 Å². The van der Waals surface area contributed by atoms with Crippen molar-refractivity contribution < 1.29 is 19.6 Å². The Morgan fingerprint density at radius 1 is 1.63 bits per heavy atom. The smallest absolute Gasteiger partial charge is 0.328 e. The first-order chi connectivity index (χ1) is 8.81. The van der Waals surface area contributed by atoms with Crippen LogP contribution in [0.3, 0.4) is 0 Å². The highest BCUT2D eigenvalue weighted by Crippen LogP contribution is 2.38. The summed E-state index contributed by atoms with van der Waals surface area (Å²) in [5.41, 5.74) is 0.131. The minimum absolute atomic E-state index is 0.00698. The van der Waals surface area contributed by atoms with E-state index < -0.39 is 10.9 Å². The van der Waals surface area contributed by atoms with Crippen LogP contribution < -0.4 is 4.74 Å². The monoisotopic (exact) mass is 349 g/mol. The van der Waals surface area contributed by atoms with E-state index in [2.05, 4.69) is 15.9 Å². The molecule has 0 spiro atoms. The number of nitro groups is 1. The Bertz CT molecular complexity index is 558. The van der Waals surface area contributed by atoms with Gasteiger partial charge in [-0.3, -0.25) is 10.1 Å². The molecular formula is C11H9BrClNO5. The summed E-state index contributed by atoms with van der Waals surface area (Å²) in [5, 5.41) is 19.6. The maximum absolute atomic E-state index is 10.9. The first kappa shape index (κ1) is 15.5. The topological polar surface area (TPSA) is 89.7 Å². The predicted molar refractivity (Wildman–Crippen MR) is 72.7 cm³/mol. The van der Waals surface area contributed by atoms with Crippen molar-refractivity contribution in [3.05, 3.63) is 43.4 Å². The number of benzene rings is 1. The van der Waals surface area contributed by atoms with Gasteiger partial charge in [0.15, 0.2) is 0 Å². The quantitative estimate of drug-likeness (QED) is 0.499. The number of rotatable bonds is 5. The summed E-state index contributed by atoms with van der Waals surface area (Å²) in [7, 11) is 0. The van der Waals surface area contributed by atoms with Crippen LogP contribution in [0.25, 0.3) is 0 Å². The molecule has 102 valence electrons. The zero-order valence-corrected chi connectivity index (χ0v) is 12.1. The molecule has 0 unspecified atom stereocenters. The lowest BCUT2D eigenvalue weighted by Crippen LogP contribution is -2.04. The van der Waals surface area contributed by atoms with E-state index in [1.54, 1.807) is 6.92 Å². The second kappa shape index (κ2) is 6.53. The SMILES string of the molecule is CC(=CC(=O)O)COc1c(Br)cc(Cl)cc1[N+](=O)[O-]. The van der Waals surface area contributed by atoms with Gasteiger partial charge < -0.3 is 9.84 Å². The van der Waals surface area contributed by atoms with E-state index >= 15 is 0 Å². The van der Waals surface area contributed by atoms with Crippen molar-refractivity contribution in [2.45, 2.75) is 6.92 Å². The van der Waals surface area contributed by atoms with Gasteiger partial charge in [-0.25, -0.2) is 4.79 Å². The highest BCUT2D eigenvalue weighted by Gasteiger charge is 2.20. The number of aliphatic carboxylic acids is 1. The molecule has 0 heterocycles. The van der Waals surface area contributed by atoms with Crippen LogP contribution in [-0.2, 0) is 4.79 Å². The molecule has 0 saturated carbocycles. The maximum atomic E-state index is 10.9. The minimum atomic E-state index is -1.11. The van der Waals surface area contributed by atoms with Gasteiger partial charge in [0.2, 0.25) is 5.75 Å². The number of nitrogens with zero attached hydrogens (tertiary/aromatic N) is 1. The molecule has 0 amide bonds. The van der Waals surface area contributed by atoms with Crippen molar-refractivity contribution in [3.63, 3.8) is 0 Å². The number of carboxylic acid groups (broad SMARTS) is 1.